The van der Waals surface area contributed by atoms with E-state index in [9.17, 15) is 10.2 Å². The van der Waals surface area contributed by atoms with Gasteiger partial charge in [0.1, 0.15) is 10.7 Å². The Balaban J connectivity index is 1.77. The molecule has 3 aromatic rings. The maximum Gasteiger partial charge on any atom is 0.235 e. The molecule has 3 N–H and O–H groups in total. The number of nitrogens with one attached hydrogen (secondary N) is 1. The second-order valence-electron chi connectivity index (χ2n) is 7.79. The number of nitrogens with zero attached hydrogens (tertiary/aromatic N) is 3. The lowest BCUT2D eigenvalue weighted by atomic mass is 9.96. The molecule has 1 aliphatic rings. The van der Waals surface area contributed by atoms with Gasteiger partial charge in [-0.3, -0.25) is 0 Å². The fourth-order valence-electron chi connectivity index (χ4n) is 3.94. The Labute approximate surface area is 163 Å². The lowest BCUT2D eigenvalue weighted by Crippen LogP contribution is -3.13. The van der Waals surface area contributed by atoms with Gasteiger partial charge in [-0.2, -0.15) is 4.52 Å². The first-order valence-electron chi connectivity index (χ1n) is 9.61. The molecule has 0 unspecified atom stereocenters. The highest BCUT2D eigenvalue weighted by molar-refractivity contribution is 7.17. The maximum atomic E-state index is 10.9. The molecule has 0 amide bonds. The minimum atomic E-state index is -0.212. The van der Waals surface area contributed by atoms with Crippen LogP contribution in [0.5, 0.6) is 5.88 Å². The van der Waals surface area contributed by atoms with Gasteiger partial charge in [0, 0.05) is 18.4 Å². The molecule has 7 heteroatoms. The van der Waals surface area contributed by atoms with Gasteiger partial charge in [0.15, 0.2) is 6.04 Å². The van der Waals surface area contributed by atoms with Crippen LogP contribution in [-0.2, 0) is 0 Å². The van der Waals surface area contributed by atoms with Crippen LogP contribution >= 0.6 is 11.3 Å². The molecule has 0 aliphatic carbocycles. The molecule has 0 bridgehead atoms. The lowest BCUT2D eigenvalue weighted by molar-refractivity contribution is -0.931. The highest BCUT2D eigenvalue weighted by atomic mass is 32.1. The van der Waals surface area contributed by atoms with Crippen molar-refractivity contribution in [2.75, 3.05) is 13.1 Å². The zero-order chi connectivity index (χ0) is 19.1. The van der Waals surface area contributed by atoms with Gasteiger partial charge in [0.2, 0.25) is 10.8 Å². The quantitative estimate of drug-likeness (QED) is 0.641. The lowest BCUT2D eigenvalue weighted by Gasteiger charge is -2.33. The third-order valence-corrected chi connectivity index (χ3v) is 6.59. The molecule has 1 fully saturated rings. The predicted molar refractivity (Wildman–Crippen MR) is 106 cm³/mol. The van der Waals surface area contributed by atoms with Crippen LogP contribution in [0, 0.1) is 6.92 Å². The highest BCUT2D eigenvalue weighted by Gasteiger charge is 2.35. The van der Waals surface area contributed by atoms with E-state index in [0.29, 0.717) is 11.7 Å². The van der Waals surface area contributed by atoms with Gasteiger partial charge in [-0.1, -0.05) is 49.4 Å². The summed E-state index contributed by atoms with van der Waals surface area (Å²) in [6, 6.07) is 8.75. The molecule has 4 rings (SSSR count). The number of benzene rings is 1. The Kier molecular flexibility index (Phi) is 4.92. The topological polar surface area (TPSA) is 75.1 Å². The van der Waals surface area contributed by atoms with Gasteiger partial charge in [-0.05, 0) is 18.4 Å². The number of thiazole rings is 1. The molecule has 1 aromatic carbocycles. The third kappa shape index (κ3) is 3.47. The number of quaternary nitrogens is 1. The summed E-state index contributed by atoms with van der Waals surface area (Å²) in [5.41, 5.74) is 2.49. The largest absolute Gasteiger partial charge is 0.492 e. The summed E-state index contributed by atoms with van der Waals surface area (Å²) in [5.74, 6) is 1.34. The van der Waals surface area contributed by atoms with Crippen molar-refractivity contribution in [1.29, 1.82) is 0 Å². The van der Waals surface area contributed by atoms with Gasteiger partial charge in [-0.25, -0.2) is 4.98 Å². The summed E-state index contributed by atoms with van der Waals surface area (Å²) >= 11 is 1.51. The minimum absolute atomic E-state index is 0.0209. The number of piperidine rings is 1. The number of rotatable bonds is 4. The normalized spacial score (nSPS) is 21.8. The van der Waals surface area contributed by atoms with Gasteiger partial charge < -0.3 is 15.1 Å². The number of aliphatic hydroxyl groups is 1. The molecule has 0 spiro atoms. The zero-order valence-corrected chi connectivity index (χ0v) is 16.8. The summed E-state index contributed by atoms with van der Waals surface area (Å²) in [6.45, 7) is 7.97. The number of fused-ring (bicyclic) bond motifs is 1. The summed E-state index contributed by atoms with van der Waals surface area (Å²) in [4.78, 5) is 7.42. The fraction of sp³-hybridized carbons (Fsp3) is 0.500. The Morgan fingerprint density at radius 3 is 2.37 bits per heavy atom. The van der Waals surface area contributed by atoms with Gasteiger partial charge in [0.25, 0.3) is 0 Å². The van der Waals surface area contributed by atoms with Crippen molar-refractivity contribution in [3.63, 3.8) is 0 Å². The standard InChI is InChI=1S/C20H26N4O2S/c1-12(2)14-4-6-15(7-5-14)17(23-10-8-16(25)9-11-23)18-19(26)24-20(27-18)21-13(3)22-24/h4-7,12,16-17,25-26H,8-11H2,1-3H3/p+1/t17-/m0/s1. The molecule has 144 valence electrons. The van der Waals surface area contributed by atoms with E-state index in [4.69, 9.17) is 0 Å². The monoisotopic (exact) mass is 387 g/mol. The van der Waals surface area contributed by atoms with E-state index in [1.165, 1.54) is 27.4 Å². The van der Waals surface area contributed by atoms with Crippen molar-refractivity contribution in [3.05, 3.63) is 46.1 Å². The Bertz CT molecular complexity index is 924. The number of aromatic hydroxyl groups is 1. The number of aromatic nitrogens is 3. The third-order valence-electron chi connectivity index (χ3n) is 5.51. The number of hydrogen-bond donors (Lipinski definition) is 3. The molecule has 1 atom stereocenters. The van der Waals surface area contributed by atoms with Gasteiger partial charge in [-0.15, -0.1) is 5.10 Å². The van der Waals surface area contributed by atoms with Gasteiger partial charge in [0.05, 0.1) is 19.2 Å². The molecular weight excluding hydrogens is 360 g/mol. The van der Waals surface area contributed by atoms with Crippen molar-refractivity contribution in [2.45, 2.75) is 51.7 Å². The van der Waals surface area contributed by atoms with Crippen LogP contribution in [0.2, 0.25) is 0 Å². The van der Waals surface area contributed by atoms with Crippen molar-refractivity contribution in [1.82, 2.24) is 14.6 Å². The van der Waals surface area contributed by atoms with E-state index in [2.05, 4.69) is 48.2 Å². The van der Waals surface area contributed by atoms with E-state index in [-0.39, 0.29) is 18.0 Å². The molecular formula is C20H27N4O2S+. The average molecular weight is 388 g/mol. The van der Waals surface area contributed by atoms with Crippen LogP contribution in [-0.4, -0.2) is 44.0 Å². The van der Waals surface area contributed by atoms with Crippen LogP contribution in [0.1, 0.15) is 60.5 Å². The first-order valence-corrected chi connectivity index (χ1v) is 10.4. The number of hydrogen-bond acceptors (Lipinski definition) is 5. The number of aliphatic hydroxyl groups excluding tert-OH is 1. The van der Waals surface area contributed by atoms with E-state index in [0.717, 1.165) is 35.8 Å². The van der Waals surface area contributed by atoms with Crippen LogP contribution in [0.15, 0.2) is 24.3 Å². The Morgan fingerprint density at radius 1 is 1.15 bits per heavy atom. The predicted octanol–water partition coefficient (Wildman–Crippen LogP) is 2.06. The van der Waals surface area contributed by atoms with Crippen LogP contribution < -0.4 is 4.90 Å². The molecule has 2 aromatic heterocycles. The van der Waals surface area contributed by atoms with E-state index < -0.39 is 0 Å². The van der Waals surface area contributed by atoms with Gasteiger partial charge >= 0.3 is 0 Å². The molecule has 1 saturated heterocycles. The summed E-state index contributed by atoms with van der Waals surface area (Å²) < 4.78 is 1.54. The average Bonchev–Trinajstić information content (AvgIpc) is 3.15. The Hall–Kier alpha value is -1.96. The van der Waals surface area contributed by atoms with E-state index in [1.807, 2.05) is 6.92 Å². The fourth-order valence-corrected chi connectivity index (χ4v) is 5.13. The van der Waals surface area contributed by atoms with Crippen LogP contribution in [0.3, 0.4) is 0 Å². The van der Waals surface area contributed by atoms with Crippen molar-refractivity contribution in [3.8, 4) is 5.88 Å². The SMILES string of the molecule is Cc1nc2sc([C@H](c3ccc(C(C)C)cc3)[NH+]3CCC(O)CC3)c(O)n2n1. The first-order chi connectivity index (χ1) is 12.9. The molecule has 27 heavy (non-hydrogen) atoms. The van der Waals surface area contributed by atoms with Crippen LogP contribution in [0.4, 0.5) is 0 Å². The zero-order valence-electron chi connectivity index (χ0n) is 16.0. The molecule has 0 saturated carbocycles. The van der Waals surface area contributed by atoms with Crippen LogP contribution in [0.25, 0.3) is 4.96 Å². The van der Waals surface area contributed by atoms with Crippen molar-refractivity contribution >= 4 is 16.3 Å². The number of likely N-dealkylation sites (tertiary alicyclic amines) is 1. The first kappa shape index (κ1) is 18.4. The smallest absolute Gasteiger partial charge is 0.235 e. The summed E-state index contributed by atoms with van der Waals surface area (Å²) in [7, 11) is 0. The second kappa shape index (κ2) is 7.22. The minimum Gasteiger partial charge on any atom is -0.492 e. The second-order valence-corrected chi connectivity index (χ2v) is 8.80. The maximum absolute atomic E-state index is 10.9. The van der Waals surface area contributed by atoms with Crippen molar-refractivity contribution in [2.24, 2.45) is 0 Å². The molecule has 0 radical (unpaired) electrons. The number of aryl methyl sites for hydroxylation is 1. The van der Waals surface area contributed by atoms with E-state index >= 15 is 0 Å². The molecule has 1 aliphatic heterocycles. The molecule has 3 heterocycles. The summed E-state index contributed by atoms with van der Waals surface area (Å²) in [6.07, 6.45) is 1.36. The Morgan fingerprint density at radius 2 is 1.78 bits per heavy atom. The summed E-state index contributed by atoms with van der Waals surface area (Å²) in [5, 5.41) is 25.1. The highest BCUT2D eigenvalue weighted by Crippen LogP contribution is 2.35. The molecule has 6 nitrogen and oxygen atoms in total. The van der Waals surface area contributed by atoms with Crippen molar-refractivity contribution < 1.29 is 15.1 Å². The van der Waals surface area contributed by atoms with E-state index in [1.54, 1.807) is 4.52 Å².